The van der Waals surface area contributed by atoms with E-state index >= 15 is 0 Å². The second-order valence-corrected chi connectivity index (χ2v) is 5.37. The molecule has 18 heavy (non-hydrogen) atoms. The van der Waals surface area contributed by atoms with Crippen LogP contribution in [0, 0.1) is 0 Å². The number of rotatable bonds is 5. The van der Waals surface area contributed by atoms with Gasteiger partial charge in [-0.05, 0) is 50.5 Å². The molecule has 100 valence electrons. The van der Waals surface area contributed by atoms with E-state index < -0.39 is 0 Å². The Morgan fingerprint density at radius 2 is 2.22 bits per heavy atom. The molecule has 0 amide bonds. The highest BCUT2D eigenvalue weighted by Crippen LogP contribution is 2.15. The maximum atomic E-state index is 6.10. The van der Waals surface area contributed by atoms with Gasteiger partial charge in [-0.2, -0.15) is 0 Å². The quantitative estimate of drug-likeness (QED) is 0.889. The van der Waals surface area contributed by atoms with Gasteiger partial charge in [0.1, 0.15) is 0 Å². The molecule has 1 fully saturated rings. The number of nitrogens with zero attached hydrogens (tertiary/aromatic N) is 2. The summed E-state index contributed by atoms with van der Waals surface area (Å²) in [4.78, 5) is 6.56. The monoisotopic (exact) mass is 267 g/mol. The Morgan fingerprint density at radius 3 is 2.89 bits per heavy atom. The predicted octanol–water partition coefficient (Wildman–Crippen LogP) is 2.70. The highest BCUT2D eigenvalue weighted by atomic mass is 35.5. The molecular weight excluding hydrogens is 246 g/mol. The summed E-state index contributed by atoms with van der Waals surface area (Å²) >= 11 is 6.10. The number of nitrogens with one attached hydrogen (secondary N) is 1. The molecule has 1 aromatic heterocycles. The Bertz CT molecular complexity index is 362. The molecule has 4 heteroatoms. The van der Waals surface area contributed by atoms with Crippen molar-refractivity contribution in [3.8, 4) is 0 Å². The lowest BCUT2D eigenvalue weighted by atomic mass is 10.0. The molecule has 2 rings (SSSR count). The van der Waals surface area contributed by atoms with Crippen LogP contribution >= 0.6 is 11.6 Å². The van der Waals surface area contributed by atoms with Gasteiger partial charge in [-0.1, -0.05) is 18.5 Å². The Balaban J connectivity index is 1.74. The van der Waals surface area contributed by atoms with Crippen LogP contribution in [0.15, 0.2) is 18.5 Å². The topological polar surface area (TPSA) is 28.2 Å². The van der Waals surface area contributed by atoms with Gasteiger partial charge in [0.25, 0.3) is 0 Å². The number of piperidine rings is 1. The molecule has 1 aromatic rings. The number of pyridine rings is 1. The molecular formula is C14H22ClN3. The normalized spacial score (nSPS) is 18.1. The molecule has 0 aliphatic carbocycles. The summed E-state index contributed by atoms with van der Waals surface area (Å²) < 4.78 is 0. The highest BCUT2D eigenvalue weighted by molar-refractivity contribution is 6.31. The van der Waals surface area contributed by atoms with Gasteiger partial charge < -0.3 is 10.2 Å². The minimum atomic E-state index is 0.627. The summed E-state index contributed by atoms with van der Waals surface area (Å²) in [5, 5.41) is 4.36. The highest BCUT2D eigenvalue weighted by Gasteiger charge is 2.17. The van der Waals surface area contributed by atoms with E-state index in [1.54, 1.807) is 12.4 Å². The molecule has 0 aromatic carbocycles. The molecule has 0 unspecified atom stereocenters. The molecule has 0 atom stereocenters. The van der Waals surface area contributed by atoms with Gasteiger partial charge in [-0.3, -0.25) is 4.98 Å². The number of hydrogen-bond acceptors (Lipinski definition) is 3. The first-order chi connectivity index (χ1) is 8.79. The average molecular weight is 268 g/mol. The minimum absolute atomic E-state index is 0.627. The zero-order valence-electron chi connectivity index (χ0n) is 11.0. The van der Waals surface area contributed by atoms with Crippen LogP contribution in [0.25, 0.3) is 0 Å². The van der Waals surface area contributed by atoms with Gasteiger partial charge in [0.2, 0.25) is 0 Å². The summed E-state index contributed by atoms with van der Waals surface area (Å²) in [5.41, 5.74) is 1.14. The van der Waals surface area contributed by atoms with Gasteiger partial charge in [0.05, 0.1) is 5.02 Å². The standard InChI is InChI=1S/C14H22ClN3/c1-2-7-18-8-4-13(5-9-18)17-10-12-3-6-16-11-14(12)15/h3,6,11,13,17H,2,4-5,7-10H2,1H3. The van der Waals surface area contributed by atoms with Gasteiger partial charge in [0.15, 0.2) is 0 Å². The fourth-order valence-corrected chi connectivity index (χ4v) is 2.66. The van der Waals surface area contributed by atoms with Crippen LogP contribution in [-0.2, 0) is 6.54 Å². The minimum Gasteiger partial charge on any atom is -0.310 e. The zero-order valence-corrected chi connectivity index (χ0v) is 11.8. The Labute approximate surface area is 115 Å². The first-order valence-electron chi connectivity index (χ1n) is 6.83. The van der Waals surface area contributed by atoms with E-state index in [0.717, 1.165) is 17.1 Å². The van der Waals surface area contributed by atoms with Crippen molar-refractivity contribution in [2.75, 3.05) is 19.6 Å². The third kappa shape index (κ3) is 3.94. The zero-order chi connectivity index (χ0) is 12.8. The summed E-state index contributed by atoms with van der Waals surface area (Å²) in [7, 11) is 0. The van der Waals surface area contributed by atoms with Crippen LogP contribution in [0.1, 0.15) is 31.7 Å². The van der Waals surface area contributed by atoms with Gasteiger partial charge in [-0.25, -0.2) is 0 Å². The molecule has 1 N–H and O–H groups in total. The van der Waals surface area contributed by atoms with E-state index in [2.05, 4.69) is 22.1 Å². The van der Waals surface area contributed by atoms with Crippen molar-refractivity contribution in [1.82, 2.24) is 15.2 Å². The van der Waals surface area contributed by atoms with E-state index in [-0.39, 0.29) is 0 Å². The molecule has 0 radical (unpaired) electrons. The van der Waals surface area contributed by atoms with Crippen molar-refractivity contribution >= 4 is 11.6 Å². The van der Waals surface area contributed by atoms with Gasteiger partial charge >= 0.3 is 0 Å². The first kappa shape index (κ1) is 13.8. The number of aromatic nitrogens is 1. The van der Waals surface area contributed by atoms with E-state index in [1.807, 2.05) is 6.07 Å². The molecule has 0 saturated carbocycles. The maximum Gasteiger partial charge on any atom is 0.0634 e. The summed E-state index contributed by atoms with van der Waals surface area (Å²) in [6.07, 6.45) is 7.24. The third-order valence-corrected chi connectivity index (χ3v) is 3.91. The van der Waals surface area contributed by atoms with Gasteiger partial charge in [0, 0.05) is 25.0 Å². The van der Waals surface area contributed by atoms with E-state index in [4.69, 9.17) is 11.6 Å². The van der Waals surface area contributed by atoms with Crippen LogP contribution < -0.4 is 5.32 Å². The van der Waals surface area contributed by atoms with Crippen LogP contribution in [0.2, 0.25) is 5.02 Å². The molecule has 1 aliphatic heterocycles. The lowest BCUT2D eigenvalue weighted by Gasteiger charge is -2.32. The smallest absolute Gasteiger partial charge is 0.0634 e. The molecule has 0 bridgehead atoms. The fraction of sp³-hybridized carbons (Fsp3) is 0.643. The Hall–Kier alpha value is -0.640. The summed E-state index contributed by atoms with van der Waals surface area (Å²) in [5.74, 6) is 0. The van der Waals surface area contributed by atoms with Crippen molar-refractivity contribution in [3.63, 3.8) is 0 Å². The third-order valence-electron chi connectivity index (χ3n) is 3.57. The lowest BCUT2D eigenvalue weighted by Crippen LogP contribution is -2.42. The van der Waals surface area contributed by atoms with Crippen LogP contribution in [0.4, 0.5) is 0 Å². The molecule has 0 spiro atoms. The van der Waals surface area contributed by atoms with Crippen molar-refractivity contribution < 1.29 is 0 Å². The molecule has 3 nitrogen and oxygen atoms in total. The predicted molar refractivity (Wildman–Crippen MR) is 75.8 cm³/mol. The van der Waals surface area contributed by atoms with Crippen LogP contribution in [0.5, 0.6) is 0 Å². The molecule has 1 aliphatic rings. The Kier molecular flexibility index (Phi) is 5.42. The van der Waals surface area contributed by atoms with Gasteiger partial charge in [-0.15, -0.1) is 0 Å². The van der Waals surface area contributed by atoms with Crippen molar-refractivity contribution in [3.05, 3.63) is 29.0 Å². The second kappa shape index (κ2) is 7.07. The lowest BCUT2D eigenvalue weighted by molar-refractivity contribution is 0.197. The SMILES string of the molecule is CCCN1CCC(NCc2ccncc2Cl)CC1. The number of halogens is 1. The molecule has 1 saturated heterocycles. The average Bonchev–Trinajstić information content (AvgIpc) is 2.40. The van der Waals surface area contributed by atoms with Crippen molar-refractivity contribution in [1.29, 1.82) is 0 Å². The Morgan fingerprint density at radius 1 is 1.44 bits per heavy atom. The van der Waals surface area contributed by atoms with Crippen molar-refractivity contribution in [2.45, 2.75) is 38.8 Å². The second-order valence-electron chi connectivity index (χ2n) is 4.96. The summed E-state index contributed by atoms with van der Waals surface area (Å²) in [6.45, 7) is 6.77. The fourth-order valence-electron chi connectivity index (χ4n) is 2.48. The number of hydrogen-bond donors (Lipinski definition) is 1. The van der Waals surface area contributed by atoms with Crippen LogP contribution in [0.3, 0.4) is 0 Å². The largest absolute Gasteiger partial charge is 0.310 e. The number of likely N-dealkylation sites (tertiary alicyclic amines) is 1. The van der Waals surface area contributed by atoms with E-state index in [1.165, 1.54) is 38.9 Å². The van der Waals surface area contributed by atoms with Crippen molar-refractivity contribution in [2.24, 2.45) is 0 Å². The summed E-state index contributed by atoms with van der Waals surface area (Å²) in [6, 6.07) is 2.61. The maximum absolute atomic E-state index is 6.10. The van der Waals surface area contributed by atoms with E-state index in [0.29, 0.717) is 6.04 Å². The van der Waals surface area contributed by atoms with Crippen LogP contribution in [-0.4, -0.2) is 35.6 Å². The molecule has 2 heterocycles. The first-order valence-corrected chi connectivity index (χ1v) is 7.21. The van der Waals surface area contributed by atoms with E-state index in [9.17, 15) is 0 Å².